The molecule has 0 aliphatic rings. The van der Waals surface area contributed by atoms with Crippen LogP contribution >= 0.6 is 0 Å². The van der Waals surface area contributed by atoms with Gasteiger partial charge in [-0.15, -0.1) is 0 Å². The van der Waals surface area contributed by atoms with E-state index in [0.29, 0.717) is 17.3 Å². The average Bonchev–Trinajstić information content (AvgIpc) is 2.09. The van der Waals surface area contributed by atoms with Gasteiger partial charge in [0.05, 0.1) is 0 Å². The van der Waals surface area contributed by atoms with E-state index in [-0.39, 0.29) is 22.7 Å². The Labute approximate surface area is 133 Å². The van der Waals surface area contributed by atoms with Crippen LogP contribution in [0.1, 0.15) is 82.1 Å². The van der Waals surface area contributed by atoms with Gasteiger partial charge in [0, 0.05) is 5.92 Å². The van der Waals surface area contributed by atoms with E-state index in [9.17, 15) is 4.79 Å². The summed E-state index contributed by atoms with van der Waals surface area (Å²) < 4.78 is 0. The molecule has 2 heteroatoms. The molecule has 0 saturated carbocycles. The zero-order valence-corrected chi connectivity index (χ0v) is 16.1. The fourth-order valence-corrected chi connectivity index (χ4v) is 3.90. The van der Waals surface area contributed by atoms with Crippen molar-refractivity contribution in [1.82, 2.24) is 0 Å². The van der Waals surface area contributed by atoms with Crippen molar-refractivity contribution < 1.29 is 4.79 Å². The molecule has 0 radical (unpaired) electrons. The molecule has 3 unspecified atom stereocenters. The van der Waals surface area contributed by atoms with Crippen molar-refractivity contribution in [2.45, 2.75) is 82.1 Å². The smallest absolute Gasteiger partial charge is 0.221 e. The third-order valence-electron chi connectivity index (χ3n) is 4.91. The Morgan fingerprint density at radius 1 is 0.905 bits per heavy atom. The number of carbonyl (C=O) groups is 1. The van der Waals surface area contributed by atoms with Gasteiger partial charge in [0.25, 0.3) is 0 Å². The van der Waals surface area contributed by atoms with Gasteiger partial charge < -0.3 is 5.73 Å². The molecule has 0 aliphatic heterocycles. The first kappa shape index (κ1) is 20.5. The Morgan fingerprint density at radius 3 is 1.62 bits per heavy atom. The quantitative estimate of drug-likeness (QED) is 0.714. The van der Waals surface area contributed by atoms with Crippen LogP contribution in [0.4, 0.5) is 0 Å². The number of hydrogen-bond acceptors (Lipinski definition) is 1. The monoisotopic (exact) mass is 297 g/mol. The minimum Gasteiger partial charge on any atom is -0.369 e. The number of nitrogens with two attached hydrogens (primary N) is 1. The van der Waals surface area contributed by atoms with Gasteiger partial charge in [-0.05, 0) is 40.9 Å². The predicted octanol–water partition coefficient (Wildman–Crippen LogP) is 5.26. The Balaban J connectivity index is 5.03. The standard InChI is InChI=1S/C19H39NO/c1-13(15(16(20)21)18(6,7)8)11-19(9,10)14(2)12-17(3,4)5/h13-15H,11-12H2,1-10H3,(H2,20,21). The second-order valence-electron chi connectivity index (χ2n) is 10.1. The molecule has 0 bridgehead atoms. The zero-order chi connectivity index (χ0) is 17.2. The van der Waals surface area contributed by atoms with Crippen LogP contribution in [0.25, 0.3) is 0 Å². The second-order valence-corrected chi connectivity index (χ2v) is 10.1. The normalized spacial score (nSPS) is 18.2. The molecule has 2 nitrogen and oxygen atoms in total. The molecular formula is C19H39NO. The van der Waals surface area contributed by atoms with Crippen LogP contribution in [0.5, 0.6) is 0 Å². The highest BCUT2D eigenvalue weighted by molar-refractivity contribution is 5.77. The van der Waals surface area contributed by atoms with Crippen molar-refractivity contribution in [1.29, 1.82) is 0 Å². The number of carbonyl (C=O) groups excluding carboxylic acids is 1. The molecule has 2 N–H and O–H groups in total. The van der Waals surface area contributed by atoms with E-state index in [1.165, 1.54) is 6.42 Å². The van der Waals surface area contributed by atoms with Crippen molar-refractivity contribution in [3.8, 4) is 0 Å². The maximum atomic E-state index is 11.9. The number of amides is 1. The lowest BCUT2D eigenvalue weighted by Gasteiger charge is -2.41. The summed E-state index contributed by atoms with van der Waals surface area (Å²) in [7, 11) is 0. The van der Waals surface area contributed by atoms with Gasteiger partial charge in [-0.25, -0.2) is 0 Å². The van der Waals surface area contributed by atoms with Crippen LogP contribution in [0, 0.1) is 34.0 Å². The van der Waals surface area contributed by atoms with Gasteiger partial charge in [0.2, 0.25) is 5.91 Å². The third kappa shape index (κ3) is 6.84. The average molecular weight is 298 g/mol. The van der Waals surface area contributed by atoms with E-state index in [2.05, 4.69) is 69.2 Å². The molecule has 0 heterocycles. The van der Waals surface area contributed by atoms with Crippen molar-refractivity contribution in [2.75, 3.05) is 0 Å². The number of rotatable bonds is 6. The second kappa shape index (κ2) is 6.71. The Kier molecular flexibility index (Phi) is 6.54. The molecule has 126 valence electrons. The van der Waals surface area contributed by atoms with Gasteiger partial charge >= 0.3 is 0 Å². The number of primary amides is 1. The summed E-state index contributed by atoms with van der Waals surface area (Å²) in [6, 6.07) is 0. The van der Waals surface area contributed by atoms with Crippen LogP contribution in [-0.2, 0) is 4.79 Å². The summed E-state index contributed by atoms with van der Waals surface area (Å²) in [4.78, 5) is 11.9. The lowest BCUT2D eigenvalue weighted by Crippen LogP contribution is -2.40. The first-order valence-electron chi connectivity index (χ1n) is 8.37. The molecule has 3 atom stereocenters. The Bertz CT molecular complexity index is 344. The van der Waals surface area contributed by atoms with E-state index >= 15 is 0 Å². The minimum atomic E-state index is -0.158. The maximum absolute atomic E-state index is 11.9. The molecule has 0 spiro atoms. The van der Waals surface area contributed by atoms with Crippen molar-refractivity contribution >= 4 is 5.91 Å². The van der Waals surface area contributed by atoms with E-state index in [4.69, 9.17) is 5.73 Å². The Hall–Kier alpha value is -0.530. The Morgan fingerprint density at radius 2 is 1.33 bits per heavy atom. The predicted molar refractivity (Wildman–Crippen MR) is 92.9 cm³/mol. The van der Waals surface area contributed by atoms with Gasteiger partial charge in [0.15, 0.2) is 0 Å². The lowest BCUT2D eigenvalue weighted by molar-refractivity contribution is -0.127. The minimum absolute atomic E-state index is 0.0707. The molecule has 0 aliphatic carbocycles. The summed E-state index contributed by atoms with van der Waals surface area (Å²) in [5, 5.41) is 0. The van der Waals surface area contributed by atoms with E-state index in [1.54, 1.807) is 0 Å². The number of hydrogen-bond donors (Lipinski definition) is 1. The van der Waals surface area contributed by atoms with Crippen LogP contribution in [0.2, 0.25) is 0 Å². The molecule has 0 aromatic rings. The van der Waals surface area contributed by atoms with Gasteiger partial charge in [0.1, 0.15) is 0 Å². The molecular weight excluding hydrogens is 258 g/mol. The third-order valence-corrected chi connectivity index (χ3v) is 4.91. The lowest BCUT2D eigenvalue weighted by atomic mass is 9.64. The fraction of sp³-hybridized carbons (Fsp3) is 0.947. The van der Waals surface area contributed by atoms with Crippen molar-refractivity contribution in [3.05, 3.63) is 0 Å². The largest absolute Gasteiger partial charge is 0.369 e. The summed E-state index contributed by atoms with van der Waals surface area (Å²) in [5.41, 5.74) is 6.16. The van der Waals surface area contributed by atoms with Crippen molar-refractivity contribution in [3.63, 3.8) is 0 Å². The summed E-state index contributed by atoms with van der Waals surface area (Å²) in [6.45, 7) is 22.4. The fourth-order valence-electron chi connectivity index (χ4n) is 3.90. The molecule has 0 aromatic heterocycles. The highest BCUT2D eigenvalue weighted by atomic mass is 16.1. The first-order valence-corrected chi connectivity index (χ1v) is 8.37. The zero-order valence-electron chi connectivity index (χ0n) is 16.1. The van der Waals surface area contributed by atoms with Gasteiger partial charge in [-0.1, -0.05) is 69.2 Å². The van der Waals surface area contributed by atoms with Crippen LogP contribution in [0.15, 0.2) is 0 Å². The van der Waals surface area contributed by atoms with Crippen LogP contribution in [0.3, 0.4) is 0 Å². The SMILES string of the molecule is CC(CC(C)(C)C(C)CC(C)(C)C)C(C(N)=O)C(C)(C)C. The van der Waals surface area contributed by atoms with Crippen molar-refractivity contribution in [2.24, 2.45) is 39.7 Å². The van der Waals surface area contributed by atoms with Crippen LogP contribution in [-0.4, -0.2) is 5.91 Å². The first-order chi connectivity index (χ1) is 9.08. The molecule has 0 fully saturated rings. The highest BCUT2D eigenvalue weighted by Crippen LogP contribution is 2.44. The highest BCUT2D eigenvalue weighted by Gasteiger charge is 2.38. The van der Waals surface area contributed by atoms with E-state index < -0.39 is 0 Å². The maximum Gasteiger partial charge on any atom is 0.221 e. The summed E-state index contributed by atoms with van der Waals surface area (Å²) in [5.74, 6) is 0.696. The molecule has 0 saturated heterocycles. The van der Waals surface area contributed by atoms with E-state index in [1.807, 2.05) is 0 Å². The summed E-state index contributed by atoms with van der Waals surface area (Å²) >= 11 is 0. The van der Waals surface area contributed by atoms with E-state index in [0.717, 1.165) is 6.42 Å². The molecule has 0 aromatic carbocycles. The molecule has 0 rings (SSSR count). The topological polar surface area (TPSA) is 43.1 Å². The van der Waals surface area contributed by atoms with Gasteiger partial charge in [-0.2, -0.15) is 0 Å². The van der Waals surface area contributed by atoms with Gasteiger partial charge in [-0.3, -0.25) is 4.79 Å². The molecule has 21 heavy (non-hydrogen) atoms. The summed E-state index contributed by atoms with van der Waals surface area (Å²) in [6.07, 6.45) is 2.23. The van der Waals surface area contributed by atoms with Crippen LogP contribution < -0.4 is 5.73 Å². The molecule has 1 amide bonds.